The molecule has 0 aliphatic carbocycles. The molecule has 0 radical (unpaired) electrons. The van der Waals surface area contributed by atoms with Crippen LogP contribution in [0.25, 0.3) is 0 Å². The summed E-state index contributed by atoms with van der Waals surface area (Å²) in [5.74, 6) is 1.78. The monoisotopic (exact) mass is 413 g/mol. The molecule has 1 aromatic heterocycles. The van der Waals surface area contributed by atoms with Gasteiger partial charge in [-0.25, -0.2) is 0 Å². The summed E-state index contributed by atoms with van der Waals surface area (Å²) in [7, 11) is 3.53. The quantitative estimate of drug-likeness (QED) is 0.351. The third-order valence-electron chi connectivity index (χ3n) is 5.39. The molecule has 1 aromatic carbocycles. The van der Waals surface area contributed by atoms with Crippen LogP contribution in [0.5, 0.6) is 5.75 Å². The fraction of sp³-hybridized carbons (Fsp3) is 0.545. The smallest absolute Gasteiger partial charge is 0.190 e. The molecule has 0 bridgehead atoms. The first kappa shape index (κ1) is 22.0. The van der Waals surface area contributed by atoms with Gasteiger partial charge in [0.25, 0.3) is 0 Å². The number of anilines is 1. The van der Waals surface area contributed by atoms with Crippen LogP contribution in [0.2, 0.25) is 0 Å². The van der Waals surface area contributed by atoms with Gasteiger partial charge in [-0.2, -0.15) is 5.10 Å². The standard InChI is InChI=1S/C22H35N7O/c1-23-22(25-11-4-14-29-15-5-12-26-29)24-10-3-13-27-16-18-28(19-17-27)20-6-8-21(30-2)9-7-20/h5-9,12,15H,3-4,10-11,13-14,16-19H2,1-2H3,(H2,23,24,25). The average molecular weight is 414 g/mol. The Morgan fingerprint density at radius 2 is 1.73 bits per heavy atom. The van der Waals surface area contributed by atoms with Crippen LogP contribution in [0.1, 0.15) is 12.8 Å². The second kappa shape index (κ2) is 12.1. The molecule has 1 aliphatic heterocycles. The summed E-state index contributed by atoms with van der Waals surface area (Å²) in [6.07, 6.45) is 5.92. The van der Waals surface area contributed by atoms with Crippen molar-refractivity contribution in [2.24, 2.45) is 4.99 Å². The maximum absolute atomic E-state index is 5.25. The highest BCUT2D eigenvalue weighted by atomic mass is 16.5. The molecule has 2 heterocycles. The molecule has 30 heavy (non-hydrogen) atoms. The number of ether oxygens (including phenoxy) is 1. The lowest BCUT2D eigenvalue weighted by Crippen LogP contribution is -2.47. The van der Waals surface area contributed by atoms with Crippen molar-refractivity contribution in [2.45, 2.75) is 19.4 Å². The average Bonchev–Trinajstić information content (AvgIpc) is 3.32. The van der Waals surface area contributed by atoms with E-state index in [4.69, 9.17) is 4.74 Å². The number of aromatic nitrogens is 2. The van der Waals surface area contributed by atoms with Gasteiger partial charge < -0.3 is 20.3 Å². The van der Waals surface area contributed by atoms with Crippen molar-refractivity contribution >= 4 is 11.6 Å². The van der Waals surface area contributed by atoms with Gasteiger partial charge in [0.2, 0.25) is 0 Å². The zero-order valence-corrected chi connectivity index (χ0v) is 18.3. The Morgan fingerprint density at radius 3 is 2.33 bits per heavy atom. The first-order chi connectivity index (χ1) is 14.8. The summed E-state index contributed by atoms with van der Waals surface area (Å²) < 4.78 is 7.20. The van der Waals surface area contributed by atoms with Crippen LogP contribution in [0.3, 0.4) is 0 Å². The van der Waals surface area contributed by atoms with E-state index in [0.29, 0.717) is 0 Å². The maximum Gasteiger partial charge on any atom is 0.190 e. The highest BCUT2D eigenvalue weighted by molar-refractivity contribution is 5.79. The normalized spacial score (nSPS) is 15.3. The van der Waals surface area contributed by atoms with Gasteiger partial charge in [-0.05, 0) is 49.7 Å². The van der Waals surface area contributed by atoms with E-state index in [1.807, 2.05) is 42.3 Å². The number of hydrogen-bond acceptors (Lipinski definition) is 5. The lowest BCUT2D eigenvalue weighted by molar-refractivity contribution is 0.255. The molecular formula is C22H35N7O. The fourth-order valence-corrected chi connectivity index (χ4v) is 3.63. The first-order valence-corrected chi connectivity index (χ1v) is 10.8. The van der Waals surface area contributed by atoms with E-state index >= 15 is 0 Å². The van der Waals surface area contributed by atoms with Crippen molar-refractivity contribution in [2.75, 3.05) is 64.9 Å². The van der Waals surface area contributed by atoms with E-state index in [0.717, 1.165) is 76.9 Å². The molecule has 0 atom stereocenters. The zero-order chi connectivity index (χ0) is 21.0. The molecule has 1 saturated heterocycles. The minimum atomic E-state index is 0.875. The predicted molar refractivity (Wildman–Crippen MR) is 122 cm³/mol. The lowest BCUT2D eigenvalue weighted by atomic mass is 10.2. The third-order valence-corrected chi connectivity index (χ3v) is 5.39. The Bertz CT molecular complexity index is 737. The molecule has 2 N–H and O–H groups in total. The van der Waals surface area contributed by atoms with Gasteiger partial charge in [0, 0.05) is 70.9 Å². The van der Waals surface area contributed by atoms with Gasteiger partial charge in [-0.15, -0.1) is 0 Å². The van der Waals surface area contributed by atoms with Crippen LogP contribution in [-0.2, 0) is 6.54 Å². The number of guanidine groups is 1. The number of nitrogens with zero attached hydrogens (tertiary/aromatic N) is 5. The second-order valence-corrected chi connectivity index (χ2v) is 7.43. The minimum absolute atomic E-state index is 0.875. The first-order valence-electron chi connectivity index (χ1n) is 10.8. The molecule has 8 nitrogen and oxygen atoms in total. The number of nitrogens with one attached hydrogen (secondary N) is 2. The Kier molecular flexibility index (Phi) is 8.83. The molecule has 1 fully saturated rings. The van der Waals surface area contributed by atoms with Gasteiger partial charge in [0.1, 0.15) is 5.75 Å². The number of methoxy groups -OCH3 is 1. The van der Waals surface area contributed by atoms with Crippen LogP contribution in [-0.4, -0.2) is 80.6 Å². The van der Waals surface area contributed by atoms with Crippen molar-refractivity contribution in [1.82, 2.24) is 25.3 Å². The van der Waals surface area contributed by atoms with Crippen LogP contribution < -0.4 is 20.3 Å². The lowest BCUT2D eigenvalue weighted by Gasteiger charge is -2.36. The van der Waals surface area contributed by atoms with Crippen LogP contribution >= 0.6 is 0 Å². The zero-order valence-electron chi connectivity index (χ0n) is 18.3. The molecule has 8 heteroatoms. The molecule has 0 unspecified atom stereocenters. The van der Waals surface area contributed by atoms with Crippen molar-refractivity contribution in [1.29, 1.82) is 0 Å². The molecule has 3 rings (SSSR count). The van der Waals surface area contributed by atoms with Crippen molar-refractivity contribution < 1.29 is 4.74 Å². The largest absolute Gasteiger partial charge is 0.497 e. The molecule has 0 amide bonds. The number of benzene rings is 1. The van der Waals surface area contributed by atoms with Crippen LogP contribution in [0, 0.1) is 0 Å². The Morgan fingerprint density at radius 1 is 1.03 bits per heavy atom. The summed E-state index contributed by atoms with van der Waals surface area (Å²) in [5, 5.41) is 11.0. The van der Waals surface area contributed by atoms with E-state index in [1.54, 1.807) is 7.11 Å². The van der Waals surface area contributed by atoms with E-state index in [-0.39, 0.29) is 0 Å². The van der Waals surface area contributed by atoms with Gasteiger partial charge in [-0.3, -0.25) is 14.6 Å². The Hall–Kier alpha value is -2.74. The summed E-state index contributed by atoms with van der Waals surface area (Å²) in [4.78, 5) is 9.30. The number of rotatable bonds is 10. The highest BCUT2D eigenvalue weighted by Crippen LogP contribution is 2.20. The summed E-state index contributed by atoms with van der Waals surface area (Å²) >= 11 is 0. The minimum Gasteiger partial charge on any atom is -0.497 e. The van der Waals surface area contributed by atoms with Crippen molar-refractivity contribution in [3.63, 3.8) is 0 Å². The van der Waals surface area contributed by atoms with E-state index in [1.165, 1.54) is 5.69 Å². The van der Waals surface area contributed by atoms with E-state index in [9.17, 15) is 0 Å². The van der Waals surface area contributed by atoms with Crippen molar-refractivity contribution in [3.8, 4) is 5.75 Å². The summed E-state index contributed by atoms with van der Waals surface area (Å²) in [6.45, 7) is 8.18. The van der Waals surface area contributed by atoms with Gasteiger partial charge >= 0.3 is 0 Å². The summed E-state index contributed by atoms with van der Waals surface area (Å²) in [5.41, 5.74) is 1.28. The van der Waals surface area contributed by atoms with Gasteiger partial charge in [-0.1, -0.05) is 0 Å². The van der Waals surface area contributed by atoms with Crippen LogP contribution in [0.4, 0.5) is 5.69 Å². The highest BCUT2D eigenvalue weighted by Gasteiger charge is 2.16. The number of piperazine rings is 1. The third kappa shape index (κ3) is 6.95. The molecule has 2 aromatic rings. The van der Waals surface area contributed by atoms with E-state index < -0.39 is 0 Å². The predicted octanol–water partition coefficient (Wildman–Crippen LogP) is 1.66. The molecule has 1 aliphatic rings. The number of aryl methyl sites for hydroxylation is 1. The molecule has 0 spiro atoms. The SMILES string of the molecule is CN=C(NCCCN1CCN(c2ccc(OC)cc2)CC1)NCCCn1cccn1. The number of aliphatic imine (C=N–C) groups is 1. The second-order valence-electron chi connectivity index (χ2n) is 7.43. The fourth-order valence-electron chi connectivity index (χ4n) is 3.63. The van der Waals surface area contributed by atoms with Crippen LogP contribution in [0.15, 0.2) is 47.7 Å². The summed E-state index contributed by atoms with van der Waals surface area (Å²) in [6, 6.07) is 10.3. The topological polar surface area (TPSA) is 70.0 Å². The Balaban J connectivity index is 1.25. The molecule has 0 saturated carbocycles. The van der Waals surface area contributed by atoms with Gasteiger partial charge in [0.05, 0.1) is 7.11 Å². The molecule has 164 valence electrons. The maximum atomic E-state index is 5.25. The van der Waals surface area contributed by atoms with Gasteiger partial charge in [0.15, 0.2) is 5.96 Å². The number of hydrogen-bond donors (Lipinski definition) is 2. The Labute approximate surface area is 179 Å². The van der Waals surface area contributed by atoms with E-state index in [2.05, 4.69) is 42.7 Å². The molecular weight excluding hydrogens is 378 g/mol. The van der Waals surface area contributed by atoms with Crippen molar-refractivity contribution in [3.05, 3.63) is 42.7 Å².